The zero-order valence-corrected chi connectivity index (χ0v) is 14.4. The molecule has 9 heteroatoms. The lowest BCUT2D eigenvalue weighted by Crippen LogP contribution is -2.02. The van der Waals surface area contributed by atoms with Crippen molar-refractivity contribution in [2.24, 2.45) is 0 Å². The van der Waals surface area contributed by atoms with Gasteiger partial charge < -0.3 is 13.7 Å². The van der Waals surface area contributed by atoms with Gasteiger partial charge in [0.1, 0.15) is 23.9 Å². The van der Waals surface area contributed by atoms with Gasteiger partial charge in [-0.25, -0.2) is 8.78 Å². The van der Waals surface area contributed by atoms with E-state index in [0.29, 0.717) is 11.3 Å². The molecule has 27 heavy (non-hydrogen) atoms. The normalized spacial score (nSPS) is 12.4. The Labute approximate surface area is 152 Å². The maximum atomic E-state index is 14.3. The van der Waals surface area contributed by atoms with E-state index in [2.05, 4.69) is 20.3 Å². The Kier molecular flexibility index (Phi) is 4.27. The number of benzene rings is 1. The molecule has 0 aliphatic carbocycles. The number of rotatable bonds is 5. The SMILES string of the molecule is Cc1noc2cc(OCc3ncc(-c4nnc(C(C)F)o4)cc3F)ccc12. The van der Waals surface area contributed by atoms with Crippen molar-refractivity contribution in [3.63, 3.8) is 0 Å². The van der Waals surface area contributed by atoms with Gasteiger partial charge in [0.25, 0.3) is 5.89 Å². The molecule has 3 heterocycles. The van der Waals surface area contributed by atoms with Crippen molar-refractivity contribution in [2.75, 3.05) is 0 Å². The first kappa shape index (κ1) is 17.1. The number of aromatic nitrogens is 4. The molecule has 138 valence electrons. The summed E-state index contributed by atoms with van der Waals surface area (Å²) in [4.78, 5) is 4.03. The molecule has 0 N–H and O–H groups in total. The van der Waals surface area contributed by atoms with Crippen molar-refractivity contribution in [1.82, 2.24) is 20.3 Å². The van der Waals surface area contributed by atoms with E-state index >= 15 is 0 Å². The summed E-state index contributed by atoms with van der Waals surface area (Å²) in [5.74, 6) is -0.269. The molecule has 0 saturated carbocycles. The predicted molar refractivity (Wildman–Crippen MR) is 90.1 cm³/mol. The maximum Gasteiger partial charge on any atom is 0.250 e. The van der Waals surface area contributed by atoms with Crippen molar-refractivity contribution < 1.29 is 22.5 Å². The molecule has 0 spiro atoms. The van der Waals surface area contributed by atoms with E-state index in [-0.39, 0.29) is 29.6 Å². The van der Waals surface area contributed by atoms with Crippen LogP contribution in [0.1, 0.15) is 30.4 Å². The van der Waals surface area contributed by atoms with Crippen LogP contribution in [-0.4, -0.2) is 20.3 Å². The molecule has 1 aromatic carbocycles. The van der Waals surface area contributed by atoms with E-state index in [1.54, 1.807) is 12.1 Å². The van der Waals surface area contributed by atoms with Crippen molar-refractivity contribution >= 4 is 11.0 Å². The second-order valence-corrected chi connectivity index (χ2v) is 5.93. The largest absolute Gasteiger partial charge is 0.487 e. The monoisotopic (exact) mass is 372 g/mol. The minimum absolute atomic E-state index is 0.000455. The molecule has 1 unspecified atom stereocenters. The van der Waals surface area contributed by atoms with E-state index in [9.17, 15) is 8.78 Å². The fourth-order valence-electron chi connectivity index (χ4n) is 2.49. The summed E-state index contributed by atoms with van der Waals surface area (Å²) in [6.07, 6.45) is -0.0347. The van der Waals surface area contributed by atoms with Crippen LogP contribution in [0.5, 0.6) is 5.75 Å². The third-order valence-electron chi connectivity index (χ3n) is 3.94. The highest BCUT2D eigenvalue weighted by Gasteiger charge is 2.16. The van der Waals surface area contributed by atoms with Crippen LogP contribution in [0.2, 0.25) is 0 Å². The van der Waals surface area contributed by atoms with E-state index in [4.69, 9.17) is 13.7 Å². The Hall–Kier alpha value is -3.36. The first-order chi connectivity index (χ1) is 13.0. The molecule has 1 atom stereocenters. The Bertz CT molecular complexity index is 1110. The molecule has 0 saturated heterocycles. The first-order valence-corrected chi connectivity index (χ1v) is 8.12. The molecule has 0 aliphatic heterocycles. The summed E-state index contributed by atoms with van der Waals surface area (Å²) in [5, 5.41) is 12.0. The van der Waals surface area contributed by atoms with E-state index in [0.717, 1.165) is 11.1 Å². The number of hydrogen-bond acceptors (Lipinski definition) is 7. The predicted octanol–water partition coefficient (Wildman–Crippen LogP) is 4.33. The van der Waals surface area contributed by atoms with Crippen LogP contribution < -0.4 is 4.74 Å². The van der Waals surface area contributed by atoms with Gasteiger partial charge in [0, 0.05) is 17.6 Å². The van der Waals surface area contributed by atoms with Gasteiger partial charge in [0.05, 0.1) is 11.3 Å². The maximum absolute atomic E-state index is 14.3. The van der Waals surface area contributed by atoms with Crippen molar-refractivity contribution in [1.29, 1.82) is 0 Å². The molecule has 0 radical (unpaired) electrons. The average Bonchev–Trinajstić information content (AvgIpc) is 3.28. The molecular weight excluding hydrogens is 358 g/mol. The zero-order chi connectivity index (χ0) is 19.0. The van der Waals surface area contributed by atoms with Crippen LogP contribution >= 0.6 is 0 Å². The number of pyridine rings is 1. The summed E-state index contributed by atoms with van der Waals surface area (Å²) in [6, 6.07) is 6.44. The highest BCUT2D eigenvalue weighted by atomic mass is 19.1. The Morgan fingerprint density at radius 2 is 2.07 bits per heavy atom. The van der Waals surface area contributed by atoms with Crippen LogP contribution in [-0.2, 0) is 6.61 Å². The number of halogens is 2. The molecule has 0 bridgehead atoms. The van der Waals surface area contributed by atoms with E-state index < -0.39 is 12.0 Å². The van der Waals surface area contributed by atoms with Crippen LogP contribution in [0.15, 0.2) is 39.4 Å². The van der Waals surface area contributed by atoms with Gasteiger partial charge in [-0.3, -0.25) is 4.98 Å². The highest BCUT2D eigenvalue weighted by molar-refractivity contribution is 5.80. The second-order valence-electron chi connectivity index (χ2n) is 5.93. The zero-order valence-electron chi connectivity index (χ0n) is 14.4. The van der Waals surface area contributed by atoms with Gasteiger partial charge in [0.2, 0.25) is 5.89 Å². The summed E-state index contributed by atoms with van der Waals surface area (Å²) >= 11 is 0. The smallest absolute Gasteiger partial charge is 0.250 e. The van der Waals surface area contributed by atoms with Gasteiger partial charge in [-0.15, -0.1) is 10.2 Å². The fraction of sp³-hybridized carbons (Fsp3) is 0.222. The van der Waals surface area contributed by atoms with Gasteiger partial charge in [-0.05, 0) is 32.0 Å². The standard InChI is InChI=1S/C18H14F2N4O3/c1-9(19)17-22-23-18(26-17)11-5-14(20)15(21-7-11)8-25-12-3-4-13-10(2)24-27-16(13)6-12/h3-7,9H,8H2,1-2H3. The third kappa shape index (κ3) is 3.35. The Balaban J connectivity index is 1.50. The van der Waals surface area contributed by atoms with E-state index in [1.165, 1.54) is 19.2 Å². The fourth-order valence-corrected chi connectivity index (χ4v) is 2.49. The lowest BCUT2D eigenvalue weighted by molar-refractivity contribution is 0.293. The highest BCUT2D eigenvalue weighted by Crippen LogP contribution is 2.25. The van der Waals surface area contributed by atoms with Crippen LogP contribution in [0.25, 0.3) is 22.4 Å². The summed E-state index contributed by atoms with van der Waals surface area (Å²) < 4.78 is 43.4. The Morgan fingerprint density at radius 1 is 1.22 bits per heavy atom. The van der Waals surface area contributed by atoms with E-state index in [1.807, 2.05) is 13.0 Å². The van der Waals surface area contributed by atoms with Gasteiger partial charge >= 0.3 is 0 Å². The molecule has 0 fully saturated rings. The van der Waals surface area contributed by atoms with Crippen LogP contribution in [0.4, 0.5) is 8.78 Å². The molecule has 4 rings (SSSR count). The number of fused-ring (bicyclic) bond motifs is 1. The summed E-state index contributed by atoms with van der Waals surface area (Å²) in [6.45, 7) is 3.03. The topological polar surface area (TPSA) is 87.1 Å². The Morgan fingerprint density at radius 3 is 2.81 bits per heavy atom. The molecule has 3 aromatic heterocycles. The lowest BCUT2D eigenvalue weighted by Gasteiger charge is -2.07. The molecule has 4 aromatic rings. The number of aryl methyl sites for hydroxylation is 1. The van der Waals surface area contributed by atoms with Crippen molar-refractivity contribution in [2.45, 2.75) is 26.6 Å². The third-order valence-corrected chi connectivity index (χ3v) is 3.94. The van der Waals surface area contributed by atoms with Crippen LogP contribution in [0.3, 0.4) is 0 Å². The first-order valence-electron chi connectivity index (χ1n) is 8.12. The summed E-state index contributed by atoms with van der Waals surface area (Å²) in [5.41, 5.74) is 1.73. The number of hydrogen-bond donors (Lipinski definition) is 0. The molecule has 0 amide bonds. The number of nitrogens with zero attached hydrogens (tertiary/aromatic N) is 4. The number of ether oxygens (including phenoxy) is 1. The van der Waals surface area contributed by atoms with Crippen molar-refractivity contribution in [3.05, 3.63) is 53.6 Å². The second kappa shape index (κ2) is 6.75. The van der Waals surface area contributed by atoms with Crippen molar-refractivity contribution in [3.8, 4) is 17.2 Å². The number of alkyl halides is 1. The summed E-state index contributed by atoms with van der Waals surface area (Å²) in [7, 11) is 0. The van der Waals surface area contributed by atoms with Crippen LogP contribution in [0, 0.1) is 12.7 Å². The average molecular weight is 372 g/mol. The van der Waals surface area contributed by atoms with Gasteiger partial charge in [-0.2, -0.15) is 0 Å². The molecular formula is C18H14F2N4O3. The quantitative estimate of drug-likeness (QED) is 0.515. The lowest BCUT2D eigenvalue weighted by atomic mass is 10.2. The minimum Gasteiger partial charge on any atom is -0.487 e. The van der Waals surface area contributed by atoms with Gasteiger partial charge in [-0.1, -0.05) is 5.16 Å². The molecule has 0 aliphatic rings. The van der Waals surface area contributed by atoms with Gasteiger partial charge in [0.15, 0.2) is 11.8 Å². The molecule has 7 nitrogen and oxygen atoms in total. The minimum atomic E-state index is -1.40.